The van der Waals surface area contributed by atoms with Crippen LogP contribution in [0.15, 0.2) is 0 Å². The molecule has 0 aromatic rings. The van der Waals surface area contributed by atoms with Crippen molar-refractivity contribution in [3.63, 3.8) is 0 Å². The van der Waals surface area contributed by atoms with Crippen LogP contribution in [0.3, 0.4) is 0 Å². The number of ether oxygens (including phenoxy) is 1. The maximum atomic E-state index is 6.05. The molecule has 1 aliphatic heterocycles. The van der Waals surface area contributed by atoms with E-state index in [1.807, 2.05) is 0 Å². The zero-order chi connectivity index (χ0) is 11.0. The Bertz CT molecular complexity index is 196. The molecule has 1 heterocycles. The molecule has 0 aromatic heterocycles. The van der Waals surface area contributed by atoms with Gasteiger partial charge in [-0.1, -0.05) is 20.8 Å². The summed E-state index contributed by atoms with van der Waals surface area (Å²) >= 11 is 0. The van der Waals surface area contributed by atoms with Gasteiger partial charge in [0, 0.05) is 6.61 Å². The number of hydrogen-bond donors (Lipinski definition) is 0. The van der Waals surface area contributed by atoms with Crippen LogP contribution in [0.2, 0.25) is 18.1 Å². The summed E-state index contributed by atoms with van der Waals surface area (Å²) in [5.74, 6) is 0. The molecule has 1 rings (SSSR count). The molecule has 1 saturated heterocycles. The molecule has 3 heteroatoms. The molecule has 0 bridgehead atoms. The molecule has 0 radical (unpaired) electrons. The van der Waals surface area contributed by atoms with E-state index in [9.17, 15) is 0 Å². The first-order valence-electron chi connectivity index (χ1n) is 5.53. The summed E-state index contributed by atoms with van der Waals surface area (Å²) in [6, 6.07) is 0. The van der Waals surface area contributed by atoms with Gasteiger partial charge in [-0.05, 0) is 31.5 Å². The third-order valence-corrected chi connectivity index (χ3v) is 8.05. The summed E-state index contributed by atoms with van der Waals surface area (Å²) in [6.45, 7) is 14.4. The first kappa shape index (κ1) is 12.2. The van der Waals surface area contributed by atoms with Crippen LogP contribution in [0.25, 0.3) is 0 Å². The van der Waals surface area contributed by atoms with Crippen LogP contribution >= 0.6 is 0 Å². The monoisotopic (exact) mass is 216 g/mol. The Morgan fingerprint density at radius 3 is 2.14 bits per heavy atom. The minimum Gasteiger partial charge on any atom is -0.417 e. The third-order valence-electron chi connectivity index (χ3n) is 3.51. The maximum absolute atomic E-state index is 6.05. The van der Waals surface area contributed by atoms with Gasteiger partial charge in [0.05, 0.1) is 12.2 Å². The quantitative estimate of drug-likeness (QED) is 0.532. The SMILES string of the molecule is C[C@@H]1O[C@H]1CCO[Si](C)(C)C(C)(C)C. The van der Waals surface area contributed by atoms with E-state index < -0.39 is 8.32 Å². The fourth-order valence-corrected chi connectivity index (χ4v) is 2.24. The summed E-state index contributed by atoms with van der Waals surface area (Å²) < 4.78 is 11.4. The molecule has 2 atom stereocenters. The molecule has 0 aromatic carbocycles. The van der Waals surface area contributed by atoms with Crippen molar-refractivity contribution >= 4 is 8.32 Å². The summed E-state index contributed by atoms with van der Waals surface area (Å²) in [5, 5.41) is 0.322. The van der Waals surface area contributed by atoms with Crippen LogP contribution in [0, 0.1) is 0 Å². The number of epoxide rings is 1. The van der Waals surface area contributed by atoms with Gasteiger partial charge in [0.2, 0.25) is 0 Å². The van der Waals surface area contributed by atoms with Gasteiger partial charge in [-0.2, -0.15) is 0 Å². The van der Waals surface area contributed by atoms with Gasteiger partial charge in [-0.15, -0.1) is 0 Å². The van der Waals surface area contributed by atoms with Gasteiger partial charge in [0.1, 0.15) is 0 Å². The normalized spacial score (nSPS) is 27.9. The Hall–Kier alpha value is 0.137. The second kappa shape index (κ2) is 3.95. The Morgan fingerprint density at radius 1 is 1.29 bits per heavy atom. The Morgan fingerprint density at radius 2 is 1.79 bits per heavy atom. The largest absolute Gasteiger partial charge is 0.417 e. The Kier molecular flexibility index (Phi) is 3.44. The van der Waals surface area contributed by atoms with Gasteiger partial charge in [-0.25, -0.2) is 0 Å². The lowest BCUT2D eigenvalue weighted by atomic mass is 10.2. The molecule has 0 aliphatic carbocycles. The molecule has 0 amide bonds. The summed E-state index contributed by atoms with van der Waals surface area (Å²) in [5.41, 5.74) is 0. The summed E-state index contributed by atoms with van der Waals surface area (Å²) in [7, 11) is -1.52. The molecule has 1 aliphatic rings. The van der Waals surface area contributed by atoms with Gasteiger partial charge < -0.3 is 9.16 Å². The molecule has 0 saturated carbocycles. The number of rotatable bonds is 4. The second-order valence-electron chi connectivity index (χ2n) is 5.78. The zero-order valence-corrected chi connectivity index (χ0v) is 11.4. The van der Waals surface area contributed by atoms with Gasteiger partial charge in [0.25, 0.3) is 0 Å². The highest BCUT2D eigenvalue weighted by molar-refractivity contribution is 6.74. The Balaban J connectivity index is 2.22. The van der Waals surface area contributed by atoms with E-state index in [0.29, 0.717) is 17.2 Å². The average Bonchev–Trinajstić information content (AvgIpc) is 2.63. The number of hydrogen-bond acceptors (Lipinski definition) is 2. The molecular weight excluding hydrogens is 192 g/mol. The van der Waals surface area contributed by atoms with Gasteiger partial charge in [-0.3, -0.25) is 0 Å². The predicted octanol–water partition coefficient (Wildman–Crippen LogP) is 3.19. The van der Waals surface area contributed by atoms with Crippen LogP contribution < -0.4 is 0 Å². The van der Waals surface area contributed by atoms with Gasteiger partial charge in [0.15, 0.2) is 8.32 Å². The standard InChI is InChI=1S/C11H24O2Si/c1-9-10(13-9)7-8-12-14(5,6)11(2,3)4/h9-10H,7-8H2,1-6H3/t9-,10-/m0/s1. The second-order valence-corrected chi connectivity index (χ2v) is 10.6. The van der Waals surface area contributed by atoms with Crippen molar-refractivity contribution in [1.29, 1.82) is 0 Å². The van der Waals surface area contributed by atoms with E-state index in [1.54, 1.807) is 0 Å². The van der Waals surface area contributed by atoms with Crippen LogP contribution in [0.5, 0.6) is 0 Å². The van der Waals surface area contributed by atoms with Crippen LogP contribution in [0.4, 0.5) is 0 Å². The smallest absolute Gasteiger partial charge is 0.191 e. The third kappa shape index (κ3) is 3.07. The summed E-state index contributed by atoms with van der Waals surface area (Å²) in [6.07, 6.45) is 2.01. The first-order chi connectivity index (χ1) is 6.24. The van der Waals surface area contributed by atoms with E-state index in [1.165, 1.54) is 0 Å². The van der Waals surface area contributed by atoms with E-state index in [2.05, 4.69) is 40.8 Å². The lowest BCUT2D eigenvalue weighted by Gasteiger charge is -2.36. The van der Waals surface area contributed by atoms with Gasteiger partial charge >= 0.3 is 0 Å². The lowest BCUT2D eigenvalue weighted by Crippen LogP contribution is -2.41. The highest BCUT2D eigenvalue weighted by atomic mass is 28.4. The first-order valence-corrected chi connectivity index (χ1v) is 8.44. The minimum absolute atomic E-state index is 0.322. The fraction of sp³-hybridized carbons (Fsp3) is 1.00. The van der Waals surface area contributed by atoms with Crippen molar-refractivity contribution < 1.29 is 9.16 Å². The van der Waals surface area contributed by atoms with Crippen molar-refractivity contribution in [2.75, 3.05) is 6.61 Å². The fourth-order valence-electron chi connectivity index (χ4n) is 1.18. The highest BCUT2D eigenvalue weighted by Crippen LogP contribution is 2.37. The van der Waals surface area contributed by atoms with Crippen LogP contribution in [-0.2, 0) is 9.16 Å². The van der Waals surface area contributed by atoms with Crippen molar-refractivity contribution in [3.8, 4) is 0 Å². The molecule has 1 fully saturated rings. The highest BCUT2D eigenvalue weighted by Gasteiger charge is 2.38. The molecule has 0 spiro atoms. The average molecular weight is 216 g/mol. The summed E-state index contributed by atoms with van der Waals surface area (Å²) in [4.78, 5) is 0. The van der Waals surface area contributed by atoms with E-state index in [4.69, 9.17) is 9.16 Å². The maximum Gasteiger partial charge on any atom is 0.191 e. The van der Waals surface area contributed by atoms with Crippen molar-refractivity contribution in [2.24, 2.45) is 0 Å². The topological polar surface area (TPSA) is 21.8 Å². The van der Waals surface area contributed by atoms with Crippen molar-refractivity contribution in [1.82, 2.24) is 0 Å². The molecule has 0 N–H and O–H groups in total. The molecule has 84 valence electrons. The van der Waals surface area contributed by atoms with Crippen molar-refractivity contribution in [3.05, 3.63) is 0 Å². The van der Waals surface area contributed by atoms with Crippen LogP contribution in [-0.4, -0.2) is 27.1 Å². The van der Waals surface area contributed by atoms with Crippen LogP contribution in [0.1, 0.15) is 34.1 Å². The lowest BCUT2D eigenvalue weighted by molar-refractivity contribution is 0.260. The Labute approximate surface area is 89.1 Å². The molecular formula is C11H24O2Si. The van der Waals surface area contributed by atoms with E-state index in [0.717, 1.165) is 13.0 Å². The van der Waals surface area contributed by atoms with E-state index >= 15 is 0 Å². The molecule has 2 nitrogen and oxygen atoms in total. The molecule has 0 unspecified atom stereocenters. The molecule has 14 heavy (non-hydrogen) atoms. The van der Waals surface area contributed by atoms with E-state index in [-0.39, 0.29) is 0 Å². The van der Waals surface area contributed by atoms with Crippen molar-refractivity contribution in [2.45, 2.75) is 64.5 Å². The minimum atomic E-state index is -1.52. The predicted molar refractivity (Wildman–Crippen MR) is 62.1 cm³/mol. The zero-order valence-electron chi connectivity index (χ0n) is 10.4.